The zero-order valence-electron chi connectivity index (χ0n) is 13.4. The van der Waals surface area contributed by atoms with E-state index in [1.807, 2.05) is 34.6 Å². The van der Waals surface area contributed by atoms with Gasteiger partial charge in [0.1, 0.15) is 0 Å². The fraction of sp³-hybridized carbons (Fsp3) is 0.500. The van der Waals surface area contributed by atoms with Crippen LogP contribution in [-0.2, 0) is 9.59 Å². The van der Waals surface area contributed by atoms with Crippen molar-refractivity contribution in [2.75, 3.05) is 17.2 Å². The van der Waals surface area contributed by atoms with E-state index in [1.54, 1.807) is 24.3 Å². The van der Waals surface area contributed by atoms with E-state index >= 15 is 0 Å². The van der Waals surface area contributed by atoms with Crippen LogP contribution in [0.25, 0.3) is 0 Å². The second kappa shape index (κ2) is 7.22. The summed E-state index contributed by atoms with van der Waals surface area (Å²) in [7, 11) is 0. The number of hydrogen-bond acceptors (Lipinski definition) is 3. The number of nitrogens with one attached hydrogen (secondary N) is 3. The highest BCUT2D eigenvalue weighted by Crippen LogP contribution is 2.15. The van der Waals surface area contributed by atoms with E-state index in [0.717, 1.165) is 0 Å². The number of anilines is 2. The molecule has 1 aromatic carbocycles. The Morgan fingerprint density at radius 1 is 1.10 bits per heavy atom. The monoisotopic (exact) mass is 291 g/mol. The number of hydrogen-bond donors (Lipinski definition) is 3. The average molecular weight is 291 g/mol. The lowest BCUT2D eigenvalue weighted by atomic mass is 10.1. The van der Waals surface area contributed by atoms with Crippen LogP contribution in [0.2, 0.25) is 0 Å². The summed E-state index contributed by atoms with van der Waals surface area (Å²) in [6.07, 6.45) is 0. The van der Waals surface area contributed by atoms with Gasteiger partial charge in [0.15, 0.2) is 0 Å². The Balaban J connectivity index is 2.60. The molecule has 3 N–H and O–H groups in total. The van der Waals surface area contributed by atoms with E-state index in [9.17, 15) is 9.59 Å². The molecule has 0 saturated carbocycles. The van der Waals surface area contributed by atoms with Crippen molar-refractivity contribution in [3.05, 3.63) is 24.3 Å². The lowest BCUT2D eigenvalue weighted by Gasteiger charge is -2.20. The second-order valence-corrected chi connectivity index (χ2v) is 6.38. The van der Waals surface area contributed by atoms with Crippen molar-refractivity contribution in [1.29, 1.82) is 0 Å². The maximum atomic E-state index is 11.8. The molecule has 2 amide bonds. The molecule has 0 fully saturated rings. The summed E-state index contributed by atoms with van der Waals surface area (Å²) < 4.78 is 0. The molecule has 0 bridgehead atoms. The average Bonchev–Trinajstić information content (AvgIpc) is 2.36. The fourth-order valence-corrected chi connectivity index (χ4v) is 1.51. The van der Waals surface area contributed by atoms with E-state index < -0.39 is 0 Å². The van der Waals surface area contributed by atoms with Crippen LogP contribution in [0.4, 0.5) is 11.4 Å². The zero-order chi connectivity index (χ0) is 16.0. The third-order valence-corrected chi connectivity index (χ3v) is 2.72. The minimum absolute atomic E-state index is 0.0483. The zero-order valence-corrected chi connectivity index (χ0v) is 13.4. The molecule has 0 aliphatic rings. The Morgan fingerprint density at radius 3 is 2.19 bits per heavy atom. The van der Waals surface area contributed by atoms with Gasteiger partial charge in [0.2, 0.25) is 11.8 Å². The highest BCUT2D eigenvalue weighted by Gasteiger charge is 2.12. The highest BCUT2D eigenvalue weighted by molar-refractivity contribution is 5.95. The molecular formula is C16H25N3O2. The first kappa shape index (κ1) is 17.2. The Hall–Kier alpha value is -1.88. The van der Waals surface area contributed by atoms with E-state index in [1.165, 1.54) is 0 Å². The van der Waals surface area contributed by atoms with Gasteiger partial charge in [0.25, 0.3) is 0 Å². The first-order valence-corrected chi connectivity index (χ1v) is 7.13. The number of carbonyl (C=O) groups excluding carboxylic acids is 2. The van der Waals surface area contributed by atoms with Crippen molar-refractivity contribution in [3.8, 4) is 0 Å². The molecule has 116 valence electrons. The third kappa shape index (κ3) is 6.90. The number of amides is 2. The van der Waals surface area contributed by atoms with Gasteiger partial charge in [0.05, 0.1) is 6.54 Å². The van der Waals surface area contributed by atoms with Crippen LogP contribution in [0.5, 0.6) is 0 Å². The maximum Gasteiger partial charge on any atom is 0.238 e. The van der Waals surface area contributed by atoms with Crippen LogP contribution in [0, 0.1) is 5.92 Å². The van der Waals surface area contributed by atoms with Gasteiger partial charge in [0, 0.05) is 22.8 Å². The molecule has 1 aromatic rings. The first-order valence-electron chi connectivity index (χ1n) is 7.13. The quantitative estimate of drug-likeness (QED) is 0.781. The van der Waals surface area contributed by atoms with Crippen LogP contribution in [0.15, 0.2) is 24.3 Å². The minimum atomic E-state index is -0.114. The molecule has 0 unspecified atom stereocenters. The third-order valence-electron chi connectivity index (χ3n) is 2.72. The predicted molar refractivity (Wildman–Crippen MR) is 86.3 cm³/mol. The first-order chi connectivity index (χ1) is 9.67. The van der Waals surface area contributed by atoms with Crippen LogP contribution in [0.1, 0.15) is 34.6 Å². The van der Waals surface area contributed by atoms with Gasteiger partial charge in [-0.05, 0) is 39.0 Å². The lowest BCUT2D eigenvalue weighted by molar-refractivity contribution is -0.119. The second-order valence-electron chi connectivity index (χ2n) is 6.38. The molecule has 5 heteroatoms. The van der Waals surface area contributed by atoms with Crippen LogP contribution in [0.3, 0.4) is 0 Å². The number of carbonyl (C=O) groups is 2. The van der Waals surface area contributed by atoms with E-state index in [2.05, 4.69) is 16.0 Å². The van der Waals surface area contributed by atoms with Gasteiger partial charge in [-0.15, -0.1) is 0 Å². The largest absolute Gasteiger partial charge is 0.326 e. The van der Waals surface area contributed by atoms with Gasteiger partial charge in [-0.25, -0.2) is 0 Å². The summed E-state index contributed by atoms with van der Waals surface area (Å²) in [5.74, 6) is -0.246. The Labute approximate surface area is 126 Å². The summed E-state index contributed by atoms with van der Waals surface area (Å²) in [6, 6.07) is 7.13. The number of rotatable bonds is 5. The van der Waals surface area contributed by atoms with Crippen molar-refractivity contribution in [2.24, 2.45) is 5.92 Å². The summed E-state index contributed by atoms with van der Waals surface area (Å²) >= 11 is 0. The van der Waals surface area contributed by atoms with Gasteiger partial charge >= 0.3 is 0 Å². The standard InChI is InChI=1S/C16H25N3O2/c1-11(2)15(21)19-13-8-6-7-12(9-13)18-14(20)10-17-16(3,4)5/h6-9,11,17H,10H2,1-5H3,(H,18,20)(H,19,21). The van der Waals surface area contributed by atoms with Crippen molar-refractivity contribution in [2.45, 2.75) is 40.2 Å². The van der Waals surface area contributed by atoms with E-state index in [-0.39, 0.29) is 29.8 Å². The smallest absolute Gasteiger partial charge is 0.238 e. The summed E-state index contributed by atoms with van der Waals surface area (Å²) in [5, 5.41) is 8.73. The molecule has 0 aliphatic carbocycles. The molecule has 1 rings (SSSR count). The SMILES string of the molecule is CC(C)C(=O)Nc1cccc(NC(=O)CNC(C)(C)C)c1. The predicted octanol–water partition coefficient (Wildman–Crippen LogP) is 2.61. The normalized spacial score (nSPS) is 11.3. The van der Waals surface area contributed by atoms with Gasteiger partial charge < -0.3 is 16.0 Å². The summed E-state index contributed by atoms with van der Waals surface area (Å²) in [4.78, 5) is 23.5. The van der Waals surface area contributed by atoms with Gasteiger partial charge in [-0.2, -0.15) is 0 Å². The fourth-order valence-electron chi connectivity index (χ4n) is 1.51. The highest BCUT2D eigenvalue weighted by atomic mass is 16.2. The topological polar surface area (TPSA) is 70.2 Å². The van der Waals surface area contributed by atoms with Crippen LogP contribution < -0.4 is 16.0 Å². The molecule has 21 heavy (non-hydrogen) atoms. The van der Waals surface area contributed by atoms with Gasteiger partial charge in [-0.1, -0.05) is 19.9 Å². The van der Waals surface area contributed by atoms with Crippen molar-refractivity contribution >= 4 is 23.2 Å². The van der Waals surface area contributed by atoms with Crippen LogP contribution >= 0.6 is 0 Å². The molecule has 0 radical (unpaired) electrons. The molecule has 0 atom stereocenters. The van der Waals surface area contributed by atoms with Crippen molar-refractivity contribution in [3.63, 3.8) is 0 Å². The Morgan fingerprint density at radius 2 is 1.67 bits per heavy atom. The Kier molecular flexibility index (Phi) is 5.90. The van der Waals surface area contributed by atoms with Gasteiger partial charge in [-0.3, -0.25) is 9.59 Å². The van der Waals surface area contributed by atoms with Crippen molar-refractivity contribution < 1.29 is 9.59 Å². The summed E-state index contributed by atoms with van der Waals surface area (Å²) in [6.45, 7) is 9.91. The van der Waals surface area contributed by atoms with Crippen molar-refractivity contribution in [1.82, 2.24) is 5.32 Å². The molecule has 0 heterocycles. The summed E-state index contributed by atoms with van der Waals surface area (Å²) in [5.41, 5.74) is 1.23. The Bertz CT molecular complexity index is 504. The lowest BCUT2D eigenvalue weighted by Crippen LogP contribution is -2.41. The molecule has 5 nitrogen and oxygen atoms in total. The maximum absolute atomic E-state index is 11.8. The van der Waals surface area contributed by atoms with E-state index in [0.29, 0.717) is 11.4 Å². The molecule has 0 saturated heterocycles. The molecule has 0 spiro atoms. The van der Waals surface area contributed by atoms with E-state index in [4.69, 9.17) is 0 Å². The minimum Gasteiger partial charge on any atom is -0.326 e. The molecule has 0 aliphatic heterocycles. The van der Waals surface area contributed by atoms with Crippen LogP contribution in [-0.4, -0.2) is 23.9 Å². The molecular weight excluding hydrogens is 266 g/mol. The molecule has 0 aromatic heterocycles. The number of benzene rings is 1.